The summed E-state index contributed by atoms with van der Waals surface area (Å²) >= 11 is 1.44. The number of thioether (sulfide) groups is 1. The molecule has 0 aliphatic heterocycles. The van der Waals surface area contributed by atoms with Crippen LogP contribution in [0.1, 0.15) is 135 Å². The smallest absolute Gasteiger partial charge is 0.395 e. The fraction of sp³-hybridized carbons (Fsp3) is 0.667. The topological polar surface area (TPSA) is 95.7 Å². The van der Waals surface area contributed by atoms with Crippen molar-refractivity contribution in [3.05, 3.63) is 63.7 Å². The van der Waals surface area contributed by atoms with Crippen molar-refractivity contribution in [2.45, 2.75) is 142 Å². The second-order valence-corrected chi connectivity index (χ2v) is 16.5. The Labute approximate surface area is 327 Å². The Morgan fingerprint density at radius 3 is 2.13 bits per heavy atom. The molecule has 4 atom stereocenters. The predicted molar refractivity (Wildman–Crippen MR) is 207 cm³/mol. The van der Waals surface area contributed by atoms with E-state index in [1.165, 1.54) is 41.6 Å². The molecule has 308 valence electrons. The maximum atomic E-state index is 13.0. The molecule has 0 N–H and O–H groups in total. The van der Waals surface area contributed by atoms with Gasteiger partial charge in [0.15, 0.2) is 0 Å². The first-order chi connectivity index (χ1) is 26.1. The van der Waals surface area contributed by atoms with Gasteiger partial charge < -0.3 is 14.3 Å². The largest absolute Gasteiger partial charge is 0.519 e. The molecule has 0 heterocycles. The summed E-state index contributed by atoms with van der Waals surface area (Å²) in [4.78, 5) is 34.5. The van der Waals surface area contributed by atoms with Crippen LogP contribution in [0.15, 0.2) is 42.5 Å². The average Bonchev–Trinajstić information content (AvgIpc) is 3.13. The molecule has 0 aromatic heterocycles. The van der Waals surface area contributed by atoms with Gasteiger partial charge >= 0.3 is 18.3 Å². The molecule has 0 amide bonds. The number of nitro groups is 1. The molecule has 1 saturated carbocycles. The average molecular weight is 800 g/mol. The van der Waals surface area contributed by atoms with Crippen molar-refractivity contribution in [3.63, 3.8) is 0 Å². The minimum Gasteiger partial charge on any atom is -0.395 e. The monoisotopic (exact) mass is 799 g/mol. The second-order valence-electron chi connectivity index (χ2n) is 15.3. The van der Waals surface area contributed by atoms with Gasteiger partial charge in [-0.05, 0) is 121 Å². The highest BCUT2D eigenvalue weighted by atomic mass is 32.2. The number of halogens is 5. The maximum Gasteiger partial charge on any atom is 0.519 e. The van der Waals surface area contributed by atoms with E-state index in [2.05, 4.69) is 19.9 Å². The van der Waals surface area contributed by atoms with E-state index < -0.39 is 29.6 Å². The van der Waals surface area contributed by atoms with Gasteiger partial charge in [0.2, 0.25) is 0 Å². The molecule has 0 saturated heterocycles. The summed E-state index contributed by atoms with van der Waals surface area (Å²) in [5, 5.41) is 10.9. The van der Waals surface area contributed by atoms with E-state index in [0.29, 0.717) is 41.6 Å². The summed E-state index contributed by atoms with van der Waals surface area (Å²) in [5.41, 5.74) is 2.46. The van der Waals surface area contributed by atoms with Crippen LogP contribution in [-0.4, -0.2) is 41.0 Å². The lowest BCUT2D eigenvalue weighted by Crippen LogP contribution is -2.45. The summed E-state index contributed by atoms with van der Waals surface area (Å²) in [7, 11) is 0. The first-order valence-electron chi connectivity index (χ1n) is 19.9. The number of nitro benzene ring substituents is 1. The molecule has 0 spiro atoms. The predicted octanol–water partition coefficient (Wildman–Crippen LogP) is 13.3. The Balaban J connectivity index is 0.00000399. The van der Waals surface area contributed by atoms with Gasteiger partial charge in [-0.2, -0.15) is 33.7 Å². The summed E-state index contributed by atoms with van der Waals surface area (Å²) in [6.45, 7) is 8.67. The van der Waals surface area contributed by atoms with Gasteiger partial charge in [-0.3, -0.25) is 10.1 Å². The van der Waals surface area contributed by atoms with Crippen molar-refractivity contribution in [2.75, 3.05) is 11.5 Å². The lowest BCUT2D eigenvalue weighted by molar-refractivity contribution is -0.384. The number of fused-ring (bicyclic) bond motifs is 3. The van der Waals surface area contributed by atoms with Crippen molar-refractivity contribution in [1.29, 1.82) is 0 Å². The number of alkyl halides is 5. The molecule has 3 unspecified atom stereocenters. The Bertz CT molecular complexity index is 1500. The quantitative estimate of drug-likeness (QED) is 0.0250. The van der Waals surface area contributed by atoms with Gasteiger partial charge in [-0.25, -0.2) is 4.79 Å². The molecule has 1 fully saturated rings. The maximum absolute atomic E-state index is 13.0. The molecule has 2 aromatic rings. The lowest BCUT2D eigenvalue weighted by Gasteiger charge is -2.54. The summed E-state index contributed by atoms with van der Waals surface area (Å²) in [5.74, 6) is -1.40. The third-order valence-corrected chi connectivity index (χ3v) is 12.3. The van der Waals surface area contributed by atoms with Gasteiger partial charge in [-0.1, -0.05) is 72.3 Å². The Morgan fingerprint density at radius 2 is 1.49 bits per heavy atom. The highest BCUT2D eigenvalue weighted by Gasteiger charge is 2.56. The van der Waals surface area contributed by atoms with Gasteiger partial charge in [-0.15, -0.1) is 0 Å². The normalized spacial score (nSPS) is 20.3. The standard InChI is InChI=1S/C40H52F5NO6S.C2H6/c1-38(2)22-20-34-33-19-18-32(52-37(48)51-31-16-14-30(15-17-31)46(49)50)27-29(33)26-28(36(34)35(38)13-10-23-47)12-8-6-4-3-5-7-9-24-53-25-11-21-39(41,42)40(43,44)45;1-2/h14-19,23,27-28,34-36H,3-13,20-22,24-26H2,1-2H3;1-2H3/t28-,34?,35?,36?;/m1./s1. The lowest BCUT2D eigenvalue weighted by atomic mass is 9.51. The van der Waals surface area contributed by atoms with Crippen LogP contribution in [0.4, 0.5) is 32.4 Å². The molecule has 55 heavy (non-hydrogen) atoms. The number of hydrogen-bond acceptors (Lipinski definition) is 7. The molecule has 2 aliphatic rings. The van der Waals surface area contributed by atoms with Crippen molar-refractivity contribution in [1.82, 2.24) is 0 Å². The number of rotatable bonds is 20. The van der Waals surface area contributed by atoms with Gasteiger partial charge in [0.05, 0.1) is 4.92 Å². The molecular weight excluding hydrogens is 742 g/mol. The Kier molecular flexibility index (Phi) is 18.4. The number of carbonyl (C=O) groups is 2. The minimum atomic E-state index is -5.48. The number of nitrogens with zero attached hydrogens (tertiary/aromatic N) is 1. The number of benzene rings is 2. The van der Waals surface area contributed by atoms with E-state index in [4.69, 9.17) is 9.47 Å². The molecule has 2 aromatic carbocycles. The zero-order valence-electron chi connectivity index (χ0n) is 32.6. The van der Waals surface area contributed by atoms with E-state index in [0.717, 1.165) is 94.7 Å². The molecule has 2 aliphatic carbocycles. The van der Waals surface area contributed by atoms with Gasteiger partial charge in [0.1, 0.15) is 17.8 Å². The first-order valence-corrected chi connectivity index (χ1v) is 21.0. The van der Waals surface area contributed by atoms with E-state index in [1.807, 2.05) is 19.9 Å². The van der Waals surface area contributed by atoms with Crippen LogP contribution >= 0.6 is 11.8 Å². The highest BCUT2D eigenvalue weighted by Crippen LogP contribution is 2.58. The molecular formula is C42H58F5NO6S. The first kappa shape index (κ1) is 46.2. The Morgan fingerprint density at radius 1 is 0.891 bits per heavy atom. The third kappa shape index (κ3) is 13.7. The molecule has 13 heteroatoms. The zero-order chi connectivity index (χ0) is 40.6. The zero-order valence-corrected chi connectivity index (χ0v) is 33.5. The number of unbranched alkanes of at least 4 members (excludes halogenated alkanes) is 6. The summed E-state index contributed by atoms with van der Waals surface area (Å²) < 4.78 is 73.7. The SMILES string of the molecule is CC.CC1(C)CCC2c3ccc(OC(=O)Oc4ccc([N+](=O)[O-])cc4)cc3C[C@@H](CCCCCCCCCSCCCC(F)(F)C(F)(F)F)C2C1CCC=O. The molecule has 4 rings (SSSR count). The third-order valence-electron chi connectivity index (χ3n) is 11.2. The van der Waals surface area contributed by atoms with Crippen molar-refractivity contribution in [3.8, 4) is 11.5 Å². The Hall–Kier alpha value is -3.22. The molecule has 0 radical (unpaired) electrons. The number of aldehydes is 1. The van der Waals surface area contributed by atoms with Crippen LogP contribution in [0.2, 0.25) is 0 Å². The van der Waals surface area contributed by atoms with Crippen LogP contribution in [0.5, 0.6) is 11.5 Å². The van der Waals surface area contributed by atoms with Gasteiger partial charge in [0, 0.05) is 25.0 Å². The van der Waals surface area contributed by atoms with E-state index >= 15 is 0 Å². The molecule has 7 nitrogen and oxygen atoms in total. The number of hydrogen-bond donors (Lipinski definition) is 0. The minimum absolute atomic E-state index is 0.114. The summed E-state index contributed by atoms with van der Waals surface area (Å²) in [6, 6.07) is 11.0. The fourth-order valence-corrected chi connectivity index (χ4v) is 9.40. The van der Waals surface area contributed by atoms with E-state index in [-0.39, 0.29) is 23.3 Å². The molecule has 0 bridgehead atoms. The second kappa shape index (κ2) is 21.9. The number of non-ortho nitro benzene ring substituents is 1. The number of carbonyl (C=O) groups excluding carboxylic acids is 2. The van der Waals surface area contributed by atoms with E-state index in [1.54, 1.807) is 6.07 Å². The van der Waals surface area contributed by atoms with Crippen molar-refractivity contribution >= 4 is 29.9 Å². The van der Waals surface area contributed by atoms with Crippen LogP contribution in [-0.2, 0) is 11.2 Å². The van der Waals surface area contributed by atoms with Crippen molar-refractivity contribution < 1.29 is 45.9 Å². The van der Waals surface area contributed by atoms with Crippen LogP contribution in [0.3, 0.4) is 0 Å². The van der Waals surface area contributed by atoms with Crippen LogP contribution in [0.25, 0.3) is 0 Å². The number of ether oxygens (including phenoxy) is 2. The van der Waals surface area contributed by atoms with Crippen LogP contribution in [0, 0.1) is 33.3 Å². The van der Waals surface area contributed by atoms with Gasteiger partial charge in [0.25, 0.3) is 5.69 Å². The highest BCUT2D eigenvalue weighted by molar-refractivity contribution is 7.99. The van der Waals surface area contributed by atoms with Crippen molar-refractivity contribution in [2.24, 2.45) is 23.2 Å². The van der Waals surface area contributed by atoms with E-state index in [9.17, 15) is 41.7 Å². The summed E-state index contributed by atoms with van der Waals surface area (Å²) in [6.07, 6.45) is 6.13. The fourth-order valence-electron chi connectivity index (χ4n) is 8.44. The van der Waals surface area contributed by atoms with Crippen LogP contribution < -0.4 is 9.47 Å².